The van der Waals surface area contributed by atoms with Crippen LogP contribution >= 0.6 is 11.6 Å². The van der Waals surface area contributed by atoms with E-state index in [1.165, 1.54) is 0 Å². The SMILES string of the molecule is C[C@@H](N)Cc1c(Cl)ncn1C. The maximum atomic E-state index is 5.80. The highest BCUT2D eigenvalue weighted by molar-refractivity contribution is 6.30. The molecular formula is C7H12ClN3. The molecule has 0 aliphatic heterocycles. The zero-order chi connectivity index (χ0) is 8.43. The summed E-state index contributed by atoms with van der Waals surface area (Å²) in [5, 5.41) is 0.560. The molecule has 0 amide bonds. The molecule has 11 heavy (non-hydrogen) atoms. The molecule has 1 atom stereocenters. The van der Waals surface area contributed by atoms with Gasteiger partial charge in [0.1, 0.15) is 5.15 Å². The van der Waals surface area contributed by atoms with Crippen molar-refractivity contribution < 1.29 is 0 Å². The summed E-state index contributed by atoms with van der Waals surface area (Å²) in [7, 11) is 1.91. The van der Waals surface area contributed by atoms with Crippen molar-refractivity contribution in [2.45, 2.75) is 19.4 Å². The van der Waals surface area contributed by atoms with Gasteiger partial charge in [0, 0.05) is 19.5 Å². The molecule has 0 bridgehead atoms. The Bertz CT molecular complexity index is 222. The van der Waals surface area contributed by atoms with E-state index in [2.05, 4.69) is 4.98 Å². The van der Waals surface area contributed by atoms with E-state index in [-0.39, 0.29) is 6.04 Å². The standard InChI is InChI=1S/C7H12ClN3/c1-5(9)3-6-7(8)10-4-11(6)2/h4-5H,3,9H2,1-2H3/t5-/m1/s1. The van der Waals surface area contributed by atoms with Crippen molar-refractivity contribution in [1.82, 2.24) is 9.55 Å². The van der Waals surface area contributed by atoms with E-state index in [0.717, 1.165) is 12.1 Å². The fourth-order valence-corrected chi connectivity index (χ4v) is 1.21. The van der Waals surface area contributed by atoms with E-state index >= 15 is 0 Å². The molecule has 1 rings (SSSR count). The molecule has 1 aromatic rings. The summed E-state index contributed by atoms with van der Waals surface area (Å²) in [6, 6.07) is 0.128. The zero-order valence-electron chi connectivity index (χ0n) is 6.71. The van der Waals surface area contributed by atoms with Crippen molar-refractivity contribution in [2.24, 2.45) is 12.8 Å². The highest BCUT2D eigenvalue weighted by atomic mass is 35.5. The summed E-state index contributed by atoms with van der Waals surface area (Å²) in [4.78, 5) is 3.94. The summed E-state index contributed by atoms with van der Waals surface area (Å²) in [5.41, 5.74) is 6.62. The molecule has 2 N–H and O–H groups in total. The number of aromatic nitrogens is 2. The minimum Gasteiger partial charge on any atom is -0.336 e. The second-order valence-corrected chi connectivity index (χ2v) is 3.13. The smallest absolute Gasteiger partial charge is 0.150 e. The number of nitrogens with zero attached hydrogens (tertiary/aromatic N) is 2. The van der Waals surface area contributed by atoms with Crippen LogP contribution in [0.1, 0.15) is 12.6 Å². The zero-order valence-corrected chi connectivity index (χ0v) is 7.47. The van der Waals surface area contributed by atoms with Crippen LogP contribution in [-0.2, 0) is 13.5 Å². The summed E-state index contributed by atoms with van der Waals surface area (Å²) >= 11 is 5.80. The van der Waals surface area contributed by atoms with Gasteiger partial charge in [-0.25, -0.2) is 4.98 Å². The molecule has 62 valence electrons. The van der Waals surface area contributed by atoms with Gasteiger partial charge < -0.3 is 10.3 Å². The third kappa shape index (κ3) is 1.94. The molecule has 0 radical (unpaired) electrons. The first-order chi connectivity index (χ1) is 5.11. The van der Waals surface area contributed by atoms with Crippen LogP contribution in [0.2, 0.25) is 5.15 Å². The van der Waals surface area contributed by atoms with E-state index in [0.29, 0.717) is 5.15 Å². The van der Waals surface area contributed by atoms with Gasteiger partial charge in [-0.3, -0.25) is 0 Å². The summed E-state index contributed by atoms with van der Waals surface area (Å²) in [6.07, 6.45) is 2.47. The number of hydrogen-bond donors (Lipinski definition) is 1. The Labute approximate surface area is 71.2 Å². The third-order valence-corrected chi connectivity index (χ3v) is 1.84. The topological polar surface area (TPSA) is 43.8 Å². The lowest BCUT2D eigenvalue weighted by Crippen LogP contribution is -2.19. The quantitative estimate of drug-likeness (QED) is 0.724. The van der Waals surface area contributed by atoms with Crippen LogP contribution in [0, 0.1) is 0 Å². The molecule has 0 unspecified atom stereocenters. The Morgan fingerprint density at radius 2 is 2.45 bits per heavy atom. The van der Waals surface area contributed by atoms with E-state index in [9.17, 15) is 0 Å². The average molecular weight is 174 g/mol. The summed E-state index contributed by atoms with van der Waals surface area (Å²) in [6.45, 7) is 1.95. The predicted molar refractivity (Wildman–Crippen MR) is 45.6 cm³/mol. The minimum atomic E-state index is 0.128. The molecule has 0 aliphatic carbocycles. The molecule has 1 aromatic heterocycles. The highest BCUT2D eigenvalue weighted by Gasteiger charge is 2.07. The average Bonchev–Trinajstić information content (AvgIpc) is 2.18. The molecule has 0 aliphatic rings. The number of hydrogen-bond acceptors (Lipinski definition) is 2. The second-order valence-electron chi connectivity index (χ2n) is 2.77. The van der Waals surface area contributed by atoms with Gasteiger partial charge in [-0.2, -0.15) is 0 Å². The predicted octanol–water partition coefficient (Wildman–Crippen LogP) is 0.963. The van der Waals surface area contributed by atoms with Crippen LogP contribution in [0.3, 0.4) is 0 Å². The van der Waals surface area contributed by atoms with Crippen molar-refractivity contribution in [1.29, 1.82) is 0 Å². The Morgan fingerprint density at radius 1 is 1.82 bits per heavy atom. The Morgan fingerprint density at radius 3 is 2.82 bits per heavy atom. The van der Waals surface area contributed by atoms with Gasteiger partial charge in [-0.1, -0.05) is 11.6 Å². The molecule has 0 fully saturated rings. The van der Waals surface area contributed by atoms with E-state index < -0.39 is 0 Å². The van der Waals surface area contributed by atoms with Crippen LogP contribution in [0.15, 0.2) is 6.33 Å². The lowest BCUT2D eigenvalue weighted by Gasteiger charge is -2.05. The first-order valence-electron chi connectivity index (χ1n) is 3.52. The summed E-state index contributed by atoms with van der Waals surface area (Å²) < 4.78 is 1.89. The Hall–Kier alpha value is -0.540. The van der Waals surface area contributed by atoms with Crippen molar-refractivity contribution in [3.63, 3.8) is 0 Å². The first kappa shape index (κ1) is 8.56. The molecule has 0 saturated heterocycles. The van der Waals surface area contributed by atoms with E-state index in [1.54, 1.807) is 6.33 Å². The number of imidazole rings is 1. The maximum absolute atomic E-state index is 5.80. The van der Waals surface area contributed by atoms with Gasteiger partial charge in [-0.05, 0) is 6.92 Å². The minimum absolute atomic E-state index is 0.128. The molecule has 3 nitrogen and oxygen atoms in total. The number of halogens is 1. The molecule has 1 heterocycles. The van der Waals surface area contributed by atoms with Crippen molar-refractivity contribution in [3.8, 4) is 0 Å². The maximum Gasteiger partial charge on any atom is 0.150 e. The third-order valence-electron chi connectivity index (χ3n) is 1.52. The second kappa shape index (κ2) is 3.24. The number of rotatable bonds is 2. The number of nitrogens with two attached hydrogens (primary N) is 1. The van der Waals surface area contributed by atoms with Gasteiger partial charge in [0.25, 0.3) is 0 Å². The Kier molecular flexibility index (Phi) is 2.52. The fourth-order valence-electron chi connectivity index (χ4n) is 0.960. The van der Waals surface area contributed by atoms with Gasteiger partial charge in [0.15, 0.2) is 0 Å². The van der Waals surface area contributed by atoms with E-state index in [4.69, 9.17) is 17.3 Å². The molecular weight excluding hydrogens is 162 g/mol. The molecule has 4 heteroatoms. The molecule has 0 aromatic carbocycles. The lowest BCUT2D eigenvalue weighted by atomic mass is 10.2. The van der Waals surface area contributed by atoms with Crippen molar-refractivity contribution in [3.05, 3.63) is 17.2 Å². The number of aryl methyl sites for hydroxylation is 1. The monoisotopic (exact) mass is 173 g/mol. The van der Waals surface area contributed by atoms with E-state index in [1.807, 2.05) is 18.5 Å². The van der Waals surface area contributed by atoms with Crippen LogP contribution in [-0.4, -0.2) is 15.6 Å². The normalized spacial score (nSPS) is 13.5. The van der Waals surface area contributed by atoms with Crippen molar-refractivity contribution >= 4 is 11.6 Å². The van der Waals surface area contributed by atoms with Gasteiger partial charge in [-0.15, -0.1) is 0 Å². The van der Waals surface area contributed by atoms with Gasteiger partial charge in [0.2, 0.25) is 0 Å². The van der Waals surface area contributed by atoms with Crippen LogP contribution in [0.25, 0.3) is 0 Å². The van der Waals surface area contributed by atoms with Crippen LogP contribution in [0.5, 0.6) is 0 Å². The summed E-state index contributed by atoms with van der Waals surface area (Å²) in [5.74, 6) is 0. The highest BCUT2D eigenvalue weighted by Crippen LogP contribution is 2.13. The molecule has 0 saturated carbocycles. The fraction of sp³-hybridized carbons (Fsp3) is 0.571. The largest absolute Gasteiger partial charge is 0.336 e. The Balaban J connectivity index is 2.83. The first-order valence-corrected chi connectivity index (χ1v) is 3.90. The van der Waals surface area contributed by atoms with Gasteiger partial charge in [0.05, 0.1) is 12.0 Å². The molecule has 0 spiro atoms. The lowest BCUT2D eigenvalue weighted by molar-refractivity contribution is 0.690. The van der Waals surface area contributed by atoms with Crippen molar-refractivity contribution in [2.75, 3.05) is 0 Å². The van der Waals surface area contributed by atoms with Crippen LogP contribution in [0.4, 0.5) is 0 Å². The van der Waals surface area contributed by atoms with Gasteiger partial charge >= 0.3 is 0 Å². The van der Waals surface area contributed by atoms with Crippen LogP contribution < -0.4 is 5.73 Å².